The molecule has 1 N–H and O–H groups in total. The highest BCUT2D eigenvalue weighted by atomic mass is 127. The van der Waals surface area contributed by atoms with Crippen LogP contribution in [0.15, 0.2) is 78.9 Å². The fraction of sp³-hybridized carbons (Fsp3) is 0.130. The number of esters is 1. The van der Waals surface area contributed by atoms with Gasteiger partial charge in [0.05, 0.1) is 7.11 Å². The third-order valence-electron chi connectivity index (χ3n) is 4.40. The summed E-state index contributed by atoms with van der Waals surface area (Å²) in [5.41, 5.74) is 3.56. The Morgan fingerprint density at radius 2 is 1.50 bits per heavy atom. The molecule has 0 unspecified atom stereocenters. The summed E-state index contributed by atoms with van der Waals surface area (Å²) in [7, 11) is 1.32. The van der Waals surface area contributed by atoms with Crippen molar-refractivity contribution in [3.63, 3.8) is 0 Å². The molecule has 0 fully saturated rings. The van der Waals surface area contributed by atoms with Crippen LogP contribution in [0, 0.1) is 3.57 Å². The SMILES string of the molecule is COC(=O)[C@@H](Cc1ccc(I)cc1)NC(=O)c1ccc(-c2ccccc2)cc1. The number of amides is 1. The van der Waals surface area contributed by atoms with Gasteiger partial charge in [-0.1, -0.05) is 54.6 Å². The van der Waals surface area contributed by atoms with Gasteiger partial charge >= 0.3 is 5.97 Å². The highest BCUT2D eigenvalue weighted by Crippen LogP contribution is 2.19. The van der Waals surface area contributed by atoms with E-state index in [0.717, 1.165) is 20.3 Å². The maximum atomic E-state index is 12.6. The minimum absolute atomic E-state index is 0.305. The monoisotopic (exact) mass is 485 g/mol. The van der Waals surface area contributed by atoms with Crippen LogP contribution in [0.3, 0.4) is 0 Å². The smallest absolute Gasteiger partial charge is 0.328 e. The van der Waals surface area contributed by atoms with Gasteiger partial charge in [-0.15, -0.1) is 0 Å². The number of nitrogens with one attached hydrogen (secondary N) is 1. The van der Waals surface area contributed by atoms with Gasteiger partial charge in [-0.05, 0) is 63.5 Å². The molecular formula is C23H20INO3. The van der Waals surface area contributed by atoms with Gasteiger partial charge < -0.3 is 10.1 Å². The zero-order chi connectivity index (χ0) is 19.9. The van der Waals surface area contributed by atoms with E-state index in [4.69, 9.17) is 4.74 Å². The zero-order valence-electron chi connectivity index (χ0n) is 15.4. The highest BCUT2D eigenvalue weighted by molar-refractivity contribution is 14.1. The largest absolute Gasteiger partial charge is 0.467 e. The number of carbonyl (C=O) groups is 2. The van der Waals surface area contributed by atoms with Gasteiger partial charge in [0.25, 0.3) is 5.91 Å². The van der Waals surface area contributed by atoms with E-state index in [1.165, 1.54) is 7.11 Å². The van der Waals surface area contributed by atoms with E-state index in [-0.39, 0.29) is 5.91 Å². The standard InChI is InChI=1S/C23H20INO3/c1-28-23(27)21(15-16-7-13-20(24)14-8-16)25-22(26)19-11-9-18(10-12-19)17-5-3-2-4-6-17/h2-14,21H,15H2,1H3,(H,25,26)/t21-/m1/s1. The van der Waals surface area contributed by atoms with Crippen LogP contribution in [-0.2, 0) is 16.0 Å². The summed E-state index contributed by atoms with van der Waals surface area (Å²) in [4.78, 5) is 24.8. The van der Waals surface area contributed by atoms with Crippen molar-refractivity contribution in [2.45, 2.75) is 12.5 Å². The van der Waals surface area contributed by atoms with Crippen LogP contribution in [-0.4, -0.2) is 25.0 Å². The summed E-state index contributed by atoms with van der Waals surface area (Å²) in [6.07, 6.45) is 0.372. The average Bonchev–Trinajstić information content (AvgIpc) is 2.75. The molecule has 28 heavy (non-hydrogen) atoms. The molecule has 1 amide bonds. The van der Waals surface area contributed by atoms with E-state index < -0.39 is 12.0 Å². The molecule has 0 aromatic heterocycles. The first-order valence-electron chi connectivity index (χ1n) is 8.85. The second-order valence-electron chi connectivity index (χ2n) is 6.32. The lowest BCUT2D eigenvalue weighted by molar-refractivity contribution is -0.142. The third kappa shape index (κ3) is 5.19. The number of hydrogen-bond acceptors (Lipinski definition) is 3. The molecule has 142 valence electrons. The maximum absolute atomic E-state index is 12.6. The Balaban J connectivity index is 1.72. The number of carbonyl (C=O) groups excluding carboxylic acids is 2. The number of methoxy groups -OCH3 is 1. The minimum atomic E-state index is -0.744. The third-order valence-corrected chi connectivity index (χ3v) is 5.12. The van der Waals surface area contributed by atoms with E-state index >= 15 is 0 Å². The molecular weight excluding hydrogens is 465 g/mol. The Morgan fingerprint density at radius 1 is 0.893 bits per heavy atom. The van der Waals surface area contributed by atoms with Crippen LogP contribution in [0.2, 0.25) is 0 Å². The van der Waals surface area contributed by atoms with E-state index in [0.29, 0.717) is 12.0 Å². The van der Waals surface area contributed by atoms with Crippen molar-refractivity contribution in [1.82, 2.24) is 5.32 Å². The van der Waals surface area contributed by atoms with Gasteiger partial charge in [-0.3, -0.25) is 4.79 Å². The Labute approximate surface area is 178 Å². The van der Waals surface area contributed by atoms with Crippen molar-refractivity contribution in [1.29, 1.82) is 0 Å². The molecule has 0 aliphatic heterocycles. The summed E-state index contributed by atoms with van der Waals surface area (Å²) in [5.74, 6) is -0.770. The molecule has 3 rings (SSSR count). The van der Waals surface area contributed by atoms with Gasteiger partial charge in [-0.2, -0.15) is 0 Å². The van der Waals surface area contributed by atoms with Crippen molar-refractivity contribution in [3.05, 3.63) is 93.6 Å². The summed E-state index contributed by atoms with van der Waals surface area (Å²) >= 11 is 2.22. The van der Waals surface area contributed by atoms with Crippen molar-refractivity contribution in [3.8, 4) is 11.1 Å². The molecule has 0 aliphatic rings. The zero-order valence-corrected chi connectivity index (χ0v) is 17.6. The second-order valence-corrected chi connectivity index (χ2v) is 7.57. The van der Waals surface area contributed by atoms with Crippen molar-refractivity contribution >= 4 is 34.5 Å². The molecule has 3 aromatic rings. The second kappa shape index (κ2) is 9.50. The van der Waals surface area contributed by atoms with E-state index in [2.05, 4.69) is 27.9 Å². The number of rotatable bonds is 6. The predicted molar refractivity (Wildman–Crippen MR) is 118 cm³/mol. The molecule has 0 saturated carbocycles. The fourth-order valence-electron chi connectivity index (χ4n) is 2.88. The lowest BCUT2D eigenvalue weighted by Crippen LogP contribution is -2.43. The lowest BCUT2D eigenvalue weighted by Gasteiger charge is -2.17. The number of ether oxygens (including phenoxy) is 1. The topological polar surface area (TPSA) is 55.4 Å². The summed E-state index contributed by atoms with van der Waals surface area (Å²) in [6.45, 7) is 0. The molecule has 0 radical (unpaired) electrons. The van der Waals surface area contributed by atoms with E-state index in [1.54, 1.807) is 12.1 Å². The summed E-state index contributed by atoms with van der Waals surface area (Å²) < 4.78 is 5.98. The summed E-state index contributed by atoms with van der Waals surface area (Å²) in [5, 5.41) is 2.79. The van der Waals surface area contributed by atoms with E-state index in [1.807, 2.05) is 66.7 Å². The molecule has 0 spiro atoms. The minimum Gasteiger partial charge on any atom is -0.467 e. The molecule has 4 nitrogen and oxygen atoms in total. The molecule has 1 atom stereocenters. The van der Waals surface area contributed by atoms with Crippen molar-refractivity contribution < 1.29 is 14.3 Å². The fourth-order valence-corrected chi connectivity index (χ4v) is 3.24. The Hall–Kier alpha value is -2.67. The molecule has 0 bridgehead atoms. The van der Waals surface area contributed by atoms with Gasteiger partial charge in [0, 0.05) is 15.6 Å². The van der Waals surface area contributed by atoms with Crippen molar-refractivity contribution in [2.75, 3.05) is 7.11 Å². The molecule has 0 saturated heterocycles. The molecule has 3 aromatic carbocycles. The van der Waals surface area contributed by atoms with Crippen molar-refractivity contribution in [2.24, 2.45) is 0 Å². The van der Waals surface area contributed by atoms with Crippen LogP contribution in [0.4, 0.5) is 0 Å². The van der Waals surface area contributed by atoms with Gasteiger partial charge in [0.1, 0.15) is 6.04 Å². The van der Waals surface area contributed by atoms with E-state index in [9.17, 15) is 9.59 Å². The average molecular weight is 485 g/mol. The first-order valence-corrected chi connectivity index (χ1v) is 9.93. The van der Waals surface area contributed by atoms with Gasteiger partial charge in [-0.25, -0.2) is 4.79 Å². The number of halogens is 1. The van der Waals surface area contributed by atoms with Crippen LogP contribution >= 0.6 is 22.6 Å². The molecule has 5 heteroatoms. The number of hydrogen-bond donors (Lipinski definition) is 1. The predicted octanol–water partition coefficient (Wildman–Crippen LogP) is 4.47. The van der Waals surface area contributed by atoms with Gasteiger partial charge in [0.2, 0.25) is 0 Å². The Morgan fingerprint density at radius 3 is 2.11 bits per heavy atom. The van der Waals surface area contributed by atoms with Crippen LogP contribution in [0.25, 0.3) is 11.1 Å². The van der Waals surface area contributed by atoms with Crippen LogP contribution in [0.5, 0.6) is 0 Å². The molecule has 0 aliphatic carbocycles. The van der Waals surface area contributed by atoms with Crippen LogP contribution in [0.1, 0.15) is 15.9 Å². The molecule has 0 heterocycles. The highest BCUT2D eigenvalue weighted by Gasteiger charge is 2.22. The normalized spacial score (nSPS) is 11.5. The first kappa shape index (κ1) is 20.1. The Kier molecular flexibility index (Phi) is 6.81. The quantitative estimate of drug-likeness (QED) is 0.414. The maximum Gasteiger partial charge on any atom is 0.328 e. The lowest BCUT2D eigenvalue weighted by atomic mass is 10.0. The van der Waals surface area contributed by atoms with Crippen LogP contribution < -0.4 is 5.32 Å². The van der Waals surface area contributed by atoms with Gasteiger partial charge in [0.15, 0.2) is 0 Å². The Bertz CT molecular complexity index is 938. The number of benzene rings is 3. The first-order chi connectivity index (χ1) is 13.6. The summed E-state index contributed by atoms with van der Waals surface area (Å²) in [6, 6.07) is 24.3.